The van der Waals surface area contributed by atoms with Gasteiger partial charge < -0.3 is 5.32 Å². The van der Waals surface area contributed by atoms with Crippen molar-refractivity contribution in [3.63, 3.8) is 0 Å². The predicted molar refractivity (Wildman–Crippen MR) is 123 cm³/mol. The van der Waals surface area contributed by atoms with Crippen LogP contribution in [0.2, 0.25) is 0 Å². The Morgan fingerprint density at radius 2 is 1.61 bits per heavy atom. The average Bonchev–Trinajstić information content (AvgIpc) is 3.52. The Morgan fingerprint density at radius 3 is 2.42 bits per heavy atom. The van der Waals surface area contributed by atoms with Crippen molar-refractivity contribution < 1.29 is 9.59 Å². The lowest BCUT2D eigenvalue weighted by atomic mass is 10.0. The molecule has 0 bridgehead atoms. The smallest absolute Gasteiger partial charge is 0.255 e. The fraction of sp³-hybridized carbons (Fsp3) is 0. The Morgan fingerprint density at radius 1 is 0.848 bits per heavy atom. The van der Waals surface area contributed by atoms with Gasteiger partial charge in [0.1, 0.15) is 19.0 Å². The molecule has 1 N–H and O–H groups in total. The Bertz CT molecular complexity index is 1470. The van der Waals surface area contributed by atoms with Crippen molar-refractivity contribution in [1.29, 1.82) is 0 Å². The van der Waals surface area contributed by atoms with E-state index in [2.05, 4.69) is 25.7 Å². The molecule has 0 aliphatic carbocycles. The normalized spacial score (nSPS) is 11.2. The van der Waals surface area contributed by atoms with Crippen LogP contribution in [-0.4, -0.2) is 42.7 Å². The van der Waals surface area contributed by atoms with Crippen LogP contribution in [0.3, 0.4) is 0 Å². The van der Waals surface area contributed by atoms with E-state index in [1.807, 2.05) is 12.1 Å². The molecular formula is C24H17N7O2. The highest BCUT2D eigenvalue weighted by Crippen LogP contribution is 2.20. The second-order valence-corrected chi connectivity index (χ2v) is 7.17. The van der Waals surface area contributed by atoms with Gasteiger partial charge in [-0.2, -0.15) is 10.2 Å². The van der Waals surface area contributed by atoms with Crippen LogP contribution in [0.1, 0.15) is 26.3 Å². The van der Waals surface area contributed by atoms with E-state index >= 15 is 0 Å². The number of nitrogens with zero attached hydrogens (tertiary/aromatic N) is 6. The fourth-order valence-corrected chi connectivity index (χ4v) is 3.33. The maximum Gasteiger partial charge on any atom is 0.255 e. The first-order chi connectivity index (χ1) is 16.2. The van der Waals surface area contributed by atoms with Crippen molar-refractivity contribution in [3.05, 3.63) is 108 Å². The van der Waals surface area contributed by atoms with Crippen molar-refractivity contribution in [3.8, 4) is 0 Å². The van der Waals surface area contributed by atoms with Gasteiger partial charge in [-0.25, -0.2) is 9.36 Å². The third kappa shape index (κ3) is 4.28. The third-order valence-corrected chi connectivity index (χ3v) is 4.98. The number of carbonyl (C=O) groups excluding carboxylic acids is 2. The van der Waals surface area contributed by atoms with E-state index in [0.717, 1.165) is 10.9 Å². The summed E-state index contributed by atoms with van der Waals surface area (Å²) in [6, 6.07) is 21.1. The Balaban J connectivity index is 1.40. The molecule has 5 rings (SSSR count). The van der Waals surface area contributed by atoms with Crippen LogP contribution < -0.4 is 5.32 Å². The highest BCUT2D eigenvalue weighted by atomic mass is 16.1. The summed E-state index contributed by atoms with van der Waals surface area (Å²) in [5, 5.41) is 19.6. The zero-order chi connectivity index (χ0) is 22.6. The van der Waals surface area contributed by atoms with Crippen LogP contribution in [0.5, 0.6) is 0 Å². The lowest BCUT2D eigenvalue weighted by Crippen LogP contribution is -2.12. The first-order valence-corrected chi connectivity index (χ1v) is 10.0. The predicted octanol–water partition coefficient (Wildman–Crippen LogP) is 3.45. The van der Waals surface area contributed by atoms with Crippen molar-refractivity contribution >= 4 is 34.6 Å². The molecule has 5 aromatic rings. The molecule has 0 saturated heterocycles. The number of anilines is 1. The number of amides is 1. The summed E-state index contributed by atoms with van der Waals surface area (Å²) in [7, 11) is 0. The molecular weight excluding hydrogens is 418 g/mol. The third-order valence-electron chi connectivity index (χ3n) is 4.98. The molecule has 0 fully saturated rings. The Kier molecular flexibility index (Phi) is 5.26. The first-order valence-electron chi connectivity index (χ1n) is 10.0. The number of aromatic nitrogens is 5. The summed E-state index contributed by atoms with van der Waals surface area (Å²) < 4.78 is 3.01. The van der Waals surface area contributed by atoms with Gasteiger partial charge in [-0.1, -0.05) is 42.5 Å². The van der Waals surface area contributed by atoms with Gasteiger partial charge in [0, 0.05) is 27.8 Å². The zero-order valence-corrected chi connectivity index (χ0v) is 17.2. The first kappa shape index (κ1) is 20.0. The molecule has 33 heavy (non-hydrogen) atoms. The quantitative estimate of drug-likeness (QED) is 0.250. The molecule has 9 nitrogen and oxygen atoms in total. The summed E-state index contributed by atoms with van der Waals surface area (Å²) in [6.07, 6.45) is 6.13. The van der Waals surface area contributed by atoms with E-state index < -0.39 is 0 Å². The number of rotatable bonds is 6. The number of nitrogens with one attached hydrogen (secondary N) is 1. The van der Waals surface area contributed by atoms with Crippen molar-refractivity contribution in [1.82, 2.24) is 24.7 Å². The molecule has 2 heterocycles. The number of ketones is 1. The molecule has 0 radical (unpaired) electrons. The van der Waals surface area contributed by atoms with Gasteiger partial charge in [0.15, 0.2) is 5.78 Å². The second kappa shape index (κ2) is 8.67. The van der Waals surface area contributed by atoms with Crippen LogP contribution in [0.4, 0.5) is 5.69 Å². The zero-order valence-electron chi connectivity index (χ0n) is 17.2. The second-order valence-electron chi connectivity index (χ2n) is 7.17. The fourth-order valence-electron chi connectivity index (χ4n) is 3.33. The number of carbonyl (C=O) groups is 2. The number of hydrogen-bond donors (Lipinski definition) is 1. The molecule has 0 aliphatic heterocycles. The standard InChI is InChI=1S/C24H17N7O2/c32-23(18-7-4-8-21(11-18)29-24(33)17-5-2-1-3-6-17)19-9-10-20-13-27-31(22(20)12-19)16-28-30-14-25-26-15-30/h1-16H,(H,29,33). The van der Waals surface area contributed by atoms with Crippen molar-refractivity contribution in [2.75, 3.05) is 5.32 Å². The van der Waals surface area contributed by atoms with Gasteiger partial charge in [-0.15, -0.1) is 10.2 Å². The van der Waals surface area contributed by atoms with Gasteiger partial charge in [0.25, 0.3) is 5.91 Å². The maximum atomic E-state index is 13.2. The van der Waals surface area contributed by atoms with Gasteiger partial charge in [-0.05, 0) is 30.3 Å². The molecule has 3 aromatic carbocycles. The van der Waals surface area contributed by atoms with Crippen LogP contribution in [0, 0.1) is 0 Å². The molecule has 0 unspecified atom stereocenters. The molecule has 1 amide bonds. The van der Waals surface area contributed by atoms with Crippen molar-refractivity contribution in [2.45, 2.75) is 0 Å². The van der Waals surface area contributed by atoms with Crippen molar-refractivity contribution in [2.24, 2.45) is 5.10 Å². The molecule has 0 aliphatic rings. The minimum absolute atomic E-state index is 0.170. The summed E-state index contributed by atoms with van der Waals surface area (Å²) in [6.45, 7) is 0. The average molecular weight is 435 g/mol. The van der Waals surface area contributed by atoms with Crippen LogP contribution in [-0.2, 0) is 0 Å². The molecule has 160 valence electrons. The number of fused-ring (bicyclic) bond motifs is 1. The molecule has 0 saturated carbocycles. The summed E-state index contributed by atoms with van der Waals surface area (Å²) in [5.41, 5.74) is 2.77. The summed E-state index contributed by atoms with van der Waals surface area (Å²) in [5.74, 6) is -0.408. The van der Waals surface area contributed by atoms with E-state index in [1.165, 1.54) is 23.7 Å². The van der Waals surface area contributed by atoms with E-state index in [9.17, 15) is 9.59 Å². The number of benzene rings is 3. The topological polar surface area (TPSA) is 107 Å². The van der Waals surface area contributed by atoms with E-state index in [1.54, 1.807) is 71.5 Å². The van der Waals surface area contributed by atoms with Crippen LogP contribution >= 0.6 is 0 Å². The van der Waals surface area contributed by atoms with E-state index in [0.29, 0.717) is 22.4 Å². The maximum absolute atomic E-state index is 13.2. The van der Waals surface area contributed by atoms with Gasteiger partial charge in [0.2, 0.25) is 0 Å². The Labute approximate surface area is 188 Å². The summed E-state index contributed by atoms with van der Waals surface area (Å²) >= 11 is 0. The lowest BCUT2D eigenvalue weighted by Gasteiger charge is -2.08. The largest absolute Gasteiger partial charge is 0.322 e. The molecule has 2 aromatic heterocycles. The monoisotopic (exact) mass is 435 g/mol. The molecule has 9 heteroatoms. The van der Waals surface area contributed by atoms with Gasteiger partial charge in [-0.3, -0.25) is 9.59 Å². The SMILES string of the molecule is O=C(Nc1cccc(C(=O)c2ccc3cnn(C=Nn4cnnc4)c3c2)c1)c1ccccc1. The van der Waals surface area contributed by atoms with Gasteiger partial charge in [0.05, 0.1) is 11.7 Å². The van der Waals surface area contributed by atoms with Crippen LogP contribution in [0.15, 0.2) is 96.7 Å². The van der Waals surface area contributed by atoms with Gasteiger partial charge >= 0.3 is 0 Å². The van der Waals surface area contributed by atoms with Crippen LogP contribution in [0.25, 0.3) is 10.9 Å². The van der Waals surface area contributed by atoms with E-state index in [4.69, 9.17) is 0 Å². The Hall–Kier alpha value is -4.92. The molecule has 0 atom stereocenters. The number of hydrogen-bond acceptors (Lipinski definition) is 6. The minimum atomic E-state index is -0.238. The van der Waals surface area contributed by atoms with E-state index in [-0.39, 0.29) is 11.7 Å². The lowest BCUT2D eigenvalue weighted by molar-refractivity contribution is 0.102. The highest BCUT2D eigenvalue weighted by molar-refractivity contribution is 6.11. The molecule has 0 spiro atoms. The minimum Gasteiger partial charge on any atom is -0.322 e. The highest BCUT2D eigenvalue weighted by Gasteiger charge is 2.13. The summed E-state index contributed by atoms with van der Waals surface area (Å²) in [4.78, 5) is 25.6.